The average Bonchev–Trinajstić information content (AvgIpc) is 2.90. The van der Waals surface area contributed by atoms with Crippen molar-refractivity contribution in [2.45, 2.75) is 6.54 Å². The first-order valence-corrected chi connectivity index (χ1v) is 6.36. The molecule has 0 aliphatic rings. The van der Waals surface area contributed by atoms with Crippen molar-refractivity contribution in [3.05, 3.63) is 57.8 Å². The zero-order valence-electron chi connectivity index (χ0n) is 9.96. The van der Waals surface area contributed by atoms with Gasteiger partial charge in [0, 0.05) is 17.5 Å². The molecule has 0 saturated heterocycles. The number of rotatable bonds is 3. The Hall–Kier alpha value is -2.12. The predicted molar refractivity (Wildman–Crippen MR) is 71.3 cm³/mol. The zero-order valence-corrected chi connectivity index (χ0v) is 10.8. The second kappa shape index (κ2) is 5.48. The molecule has 1 aromatic carbocycles. The fourth-order valence-corrected chi connectivity index (χ4v) is 2.41. The molecular formula is C14H12N2OS. The molecule has 0 radical (unpaired) electrons. The zero-order chi connectivity index (χ0) is 13.0. The van der Waals surface area contributed by atoms with Gasteiger partial charge >= 0.3 is 0 Å². The summed E-state index contributed by atoms with van der Waals surface area (Å²) in [5.74, 6) is -0.0690. The second-order valence-electron chi connectivity index (χ2n) is 3.93. The van der Waals surface area contributed by atoms with Crippen molar-refractivity contribution < 1.29 is 4.79 Å². The fraction of sp³-hybridized carbons (Fsp3) is 0.143. The van der Waals surface area contributed by atoms with Crippen LogP contribution in [0.3, 0.4) is 0 Å². The first-order chi connectivity index (χ1) is 8.70. The third-order valence-corrected chi connectivity index (χ3v) is 3.42. The lowest BCUT2D eigenvalue weighted by atomic mass is 10.1. The van der Waals surface area contributed by atoms with Gasteiger partial charge in [-0.2, -0.15) is 5.26 Å². The van der Waals surface area contributed by atoms with Gasteiger partial charge in [0.2, 0.25) is 0 Å². The molecule has 0 bridgehead atoms. The normalized spacial score (nSPS) is 9.78. The highest BCUT2D eigenvalue weighted by Gasteiger charge is 2.12. The highest BCUT2D eigenvalue weighted by molar-refractivity contribution is 7.09. The molecule has 18 heavy (non-hydrogen) atoms. The monoisotopic (exact) mass is 256 g/mol. The first-order valence-electron chi connectivity index (χ1n) is 5.48. The third kappa shape index (κ3) is 2.76. The lowest BCUT2D eigenvalue weighted by Crippen LogP contribution is -2.25. The van der Waals surface area contributed by atoms with E-state index in [1.807, 2.05) is 23.6 Å². The second-order valence-corrected chi connectivity index (χ2v) is 4.97. The molecule has 0 fully saturated rings. The number of nitrogens with zero attached hydrogens (tertiary/aromatic N) is 2. The summed E-state index contributed by atoms with van der Waals surface area (Å²) in [5, 5.41) is 10.8. The standard InChI is InChI=1S/C14H12N2OS/c1-16(10-13-6-3-7-18-13)14(17)12-5-2-4-11(8-12)9-15/h2-8H,10H2,1H3. The predicted octanol–water partition coefficient (Wildman–Crippen LogP) is 2.89. The smallest absolute Gasteiger partial charge is 0.253 e. The number of thiophene rings is 1. The third-order valence-electron chi connectivity index (χ3n) is 2.56. The summed E-state index contributed by atoms with van der Waals surface area (Å²) in [4.78, 5) is 15.0. The molecule has 90 valence electrons. The van der Waals surface area contributed by atoms with E-state index in [1.54, 1.807) is 47.5 Å². The van der Waals surface area contributed by atoms with Gasteiger partial charge in [0.1, 0.15) is 0 Å². The molecule has 0 unspecified atom stereocenters. The Balaban J connectivity index is 2.13. The van der Waals surface area contributed by atoms with Crippen LogP contribution in [0.2, 0.25) is 0 Å². The molecule has 4 heteroatoms. The Labute approximate surface area is 110 Å². The van der Waals surface area contributed by atoms with Crippen LogP contribution in [-0.2, 0) is 6.54 Å². The van der Waals surface area contributed by atoms with Gasteiger partial charge in [0.15, 0.2) is 0 Å². The van der Waals surface area contributed by atoms with Gasteiger partial charge in [-0.1, -0.05) is 12.1 Å². The number of hydrogen-bond donors (Lipinski definition) is 0. The highest BCUT2D eigenvalue weighted by Crippen LogP contribution is 2.13. The van der Waals surface area contributed by atoms with Gasteiger partial charge in [-0.05, 0) is 29.6 Å². The molecule has 0 aliphatic heterocycles. The molecule has 0 spiro atoms. The van der Waals surface area contributed by atoms with Crippen LogP contribution in [0.15, 0.2) is 41.8 Å². The summed E-state index contributed by atoms with van der Waals surface area (Å²) >= 11 is 1.63. The van der Waals surface area contributed by atoms with Gasteiger partial charge in [-0.15, -0.1) is 11.3 Å². The van der Waals surface area contributed by atoms with E-state index in [1.165, 1.54) is 0 Å². The van der Waals surface area contributed by atoms with Crippen LogP contribution in [-0.4, -0.2) is 17.9 Å². The molecule has 1 aromatic heterocycles. The fourth-order valence-electron chi connectivity index (χ4n) is 1.65. The Morgan fingerprint density at radius 1 is 1.39 bits per heavy atom. The number of carbonyl (C=O) groups is 1. The lowest BCUT2D eigenvalue weighted by Gasteiger charge is -2.16. The summed E-state index contributed by atoms with van der Waals surface area (Å²) in [6.45, 7) is 0.591. The van der Waals surface area contributed by atoms with E-state index in [0.717, 1.165) is 4.88 Å². The number of hydrogen-bond acceptors (Lipinski definition) is 3. The summed E-state index contributed by atoms with van der Waals surface area (Å²) in [7, 11) is 1.76. The van der Waals surface area contributed by atoms with Crippen LogP contribution in [0, 0.1) is 11.3 Å². The average molecular weight is 256 g/mol. The molecular weight excluding hydrogens is 244 g/mol. The van der Waals surface area contributed by atoms with Crippen LogP contribution < -0.4 is 0 Å². The SMILES string of the molecule is CN(Cc1cccs1)C(=O)c1cccc(C#N)c1. The van der Waals surface area contributed by atoms with E-state index in [-0.39, 0.29) is 5.91 Å². The maximum Gasteiger partial charge on any atom is 0.253 e. The van der Waals surface area contributed by atoms with Gasteiger partial charge < -0.3 is 4.90 Å². The van der Waals surface area contributed by atoms with Gasteiger partial charge in [-0.25, -0.2) is 0 Å². The van der Waals surface area contributed by atoms with Crippen LogP contribution in [0.5, 0.6) is 0 Å². The molecule has 0 saturated carbocycles. The van der Waals surface area contributed by atoms with Crippen molar-refractivity contribution >= 4 is 17.2 Å². The van der Waals surface area contributed by atoms with Crippen LogP contribution >= 0.6 is 11.3 Å². The molecule has 1 amide bonds. The summed E-state index contributed by atoms with van der Waals surface area (Å²) in [6.07, 6.45) is 0. The summed E-state index contributed by atoms with van der Waals surface area (Å²) < 4.78 is 0. The Bertz CT molecular complexity index is 584. The van der Waals surface area contributed by atoms with Gasteiger partial charge in [-0.3, -0.25) is 4.79 Å². The topological polar surface area (TPSA) is 44.1 Å². The van der Waals surface area contributed by atoms with E-state index in [9.17, 15) is 4.79 Å². The lowest BCUT2D eigenvalue weighted by molar-refractivity contribution is 0.0786. The van der Waals surface area contributed by atoms with Crippen LogP contribution in [0.25, 0.3) is 0 Å². The Morgan fingerprint density at radius 3 is 2.89 bits per heavy atom. The molecule has 0 aliphatic carbocycles. The van der Waals surface area contributed by atoms with E-state index < -0.39 is 0 Å². The number of benzene rings is 1. The largest absolute Gasteiger partial charge is 0.337 e. The van der Waals surface area contributed by atoms with Gasteiger partial charge in [0.05, 0.1) is 18.2 Å². The molecule has 2 aromatic rings. The Morgan fingerprint density at radius 2 is 2.22 bits per heavy atom. The van der Waals surface area contributed by atoms with E-state index in [2.05, 4.69) is 0 Å². The number of carbonyl (C=O) groups excluding carboxylic acids is 1. The number of nitriles is 1. The quantitative estimate of drug-likeness (QED) is 0.847. The van der Waals surface area contributed by atoms with Crippen molar-refractivity contribution in [3.8, 4) is 6.07 Å². The minimum absolute atomic E-state index is 0.0690. The van der Waals surface area contributed by atoms with E-state index >= 15 is 0 Å². The van der Waals surface area contributed by atoms with Crippen LogP contribution in [0.4, 0.5) is 0 Å². The molecule has 0 N–H and O–H groups in total. The summed E-state index contributed by atoms with van der Waals surface area (Å²) in [5.41, 5.74) is 1.05. The molecule has 1 heterocycles. The molecule has 0 atom stereocenters. The maximum absolute atomic E-state index is 12.2. The van der Waals surface area contributed by atoms with Crippen molar-refractivity contribution in [1.29, 1.82) is 5.26 Å². The van der Waals surface area contributed by atoms with Gasteiger partial charge in [0.25, 0.3) is 5.91 Å². The van der Waals surface area contributed by atoms with Crippen LogP contribution in [0.1, 0.15) is 20.8 Å². The maximum atomic E-state index is 12.2. The molecule has 3 nitrogen and oxygen atoms in total. The van der Waals surface area contributed by atoms with E-state index in [4.69, 9.17) is 5.26 Å². The van der Waals surface area contributed by atoms with Crippen molar-refractivity contribution in [1.82, 2.24) is 4.90 Å². The summed E-state index contributed by atoms with van der Waals surface area (Å²) in [6, 6.07) is 12.8. The van der Waals surface area contributed by atoms with Crippen molar-refractivity contribution in [2.24, 2.45) is 0 Å². The molecule has 2 rings (SSSR count). The minimum atomic E-state index is -0.0690. The minimum Gasteiger partial charge on any atom is -0.337 e. The number of amides is 1. The van der Waals surface area contributed by atoms with Crippen molar-refractivity contribution in [2.75, 3.05) is 7.05 Å². The van der Waals surface area contributed by atoms with E-state index in [0.29, 0.717) is 17.7 Å². The van der Waals surface area contributed by atoms with Crippen molar-refractivity contribution in [3.63, 3.8) is 0 Å². The Kier molecular flexibility index (Phi) is 3.75. The first kappa shape index (κ1) is 12.3. The highest BCUT2D eigenvalue weighted by atomic mass is 32.1.